The topological polar surface area (TPSA) is 24.9 Å². The molecule has 2 aromatic rings. The molecule has 0 aliphatic heterocycles. The zero-order valence-corrected chi connectivity index (χ0v) is 12.8. The van der Waals surface area contributed by atoms with Crippen LogP contribution in [0.15, 0.2) is 24.3 Å². The van der Waals surface area contributed by atoms with Crippen molar-refractivity contribution in [2.45, 2.75) is 52.0 Å². The van der Waals surface area contributed by atoms with E-state index in [1.54, 1.807) is 0 Å². The number of hydrogen-bond donors (Lipinski definition) is 1. The van der Waals surface area contributed by atoms with Gasteiger partial charge in [-0.25, -0.2) is 4.98 Å². The lowest BCUT2D eigenvalue weighted by Gasteiger charge is -2.16. The maximum absolute atomic E-state index is 4.68. The summed E-state index contributed by atoms with van der Waals surface area (Å²) in [4.78, 5) is 4.68. The van der Waals surface area contributed by atoms with Gasteiger partial charge in [-0.05, 0) is 25.0 Å². The van der Waals surface area contributed by atoms with Crippen LogP contribution in [0.4, 0.5) is 0 Å². The van der Waals surface area contributed by atoms with Crippen molar-refractivity contribution in [1.29, 1.82) is 0 Å². The zero-order valence-electron chi connectivity index (χ0n) is 12.0. The van der Waals surface area contributed by atoms with Crippen LogP contribution >= 0.6 is 11.3 Å². The molecule has 19 heavy (non-hydrogen) atoms. The minimum absolute atomic E-state index is 0.685. The first-order valence-electron chi connectivity index (χ1n) is 7.41. The molecule has 104 valence electrons. The SMILES string of the molecule is CCCC(CCC)NCCc1nc2ccccc2s1. The highest BCUT2D eigenvalue weighted by Gasteiger charge is 2.07. The maximum Gasteiger partial charge on any atom is 0.0951 e. The first kappa shape index (κ1) is 14.5. The Morgan fingerprint density at radius 3 is 2.58 bits per heavy atom. The van der Waals surface area contributed by atoms with Crippen LogP contribution in [-0.4, -0.2) is 17.6 Å². The molecule has 0 saturated heterocycles. The van der Waals surface area contributed by atoms with E-state index in [0.717, 1.165) is 18.5 Å². The number of nitrogens with zero attached hydrogens (tertiary/aromatic N) is 1. The second kappa shape index (κ2) is 7.61. The number of thiazole rings is 1. The zero-order chi connectivity index (χ0) is 13.5. The van der Waals surface area contributed by atoms with Gasteiger partial charge in [0, 0.05) is 19.0 Å². The third kappa shape index (κ3) is 4.29. The van der Waals surface area contributed by atoms with Gasteiger partial charge in [-0.15, -0.1) is 11.3 Å². The Kier molecular flexibility index (Phi) is 5.80. The average Bonchev–Trinajstić information content (AvgIpc) is 2.82. The summed E-state index contributed by atoms with van der Waals surface area (Å²) in [7, 11) is 0. The standard InChI is InChI=1S/C16H24N2S/c1-3-7-13(8-4-2)17-12-11-16-18-14-9-5-6-10-15(14)19-16/h5-6,9-10,13,17H,3-4,7-8,11-12H2,1-2H3. The van der Waals surface area contributed by atoms with Crippen LogP contribution in [0.2, 0.25) is 0 Å². The molecule has 1 N–H and O–H groups in total. The molecular formula is C16H24N2S. The van der Waals surface area contributed by atoms with Gasteiger partial charge >= 0.3 is 0 Å². The van der Waals surface area contributed by atoms with Crippen LogP contribution in [-0.2, 0) is 6.42 Å². The molecule has 2 nitrogen and oxygen atoms in total. The minimum Gasteiger partial charge on any atom is -0.314 e. The van der Waals surface area contributed by atoms with Crippen molar-refractivity contribution >= 4 is 21.6 Å². The fourth-order valence-electron chi connectivity index (χ4n) is 2.46. The lowest BCUT2D eigenvalue weighted by molar-refractivity contribution is 0.447. The van der Waals surface area contributed by atoms with E-state index in [-0.39, 0.29) is 0 Å². The van der Waals surface area contributed by atoms with Crippen molar-refractivity contribution in [2.24, 2.45) is 0 Å². The maximum atomic E-state index is 4.68. The van der Waals surface area contributed by atoms with Crippen LogP contribution in [0.5, 0.6) is 0 Å². The normalized spacial score (nSPS) is 11.5. The first-order valence-corrected chi connectivity index (χ1v) is 8.23. The van der Waals surface area contributed by atoms with Gasteiger partial charge in [0.25, 0.3) is 0 Å². The number of para-hydroxylation sites is 1. The van der Waals surface area contributed by atoms with Gasteiger partial charge in [-0.2, -0.15) is 0 Å². The predicted octanol–water partition coefficient (Wildman–Crippen LogP) is 4.40. The Hall–Kier alpha value is -0.930. The molecule has 0 unspecified atom stereocenters. The highest BCUT2D eigenvalue weighted by atomic mass is 32.1. The molecule has 3 heteroatoms. The van der Waals surface area contributed by atoms with Gasteiger partial charge in [0.1, 0.15) is 0 Å². The molecule has 0 atom stereocenters. The van der Waals surface area contributed by atoms with Crippen molar-refractivity contribution in [3.05, 3.63) is 29.3 Å². The Morgan fingerprint density at radius 2 is 1.89 bits per heavy atom. The number of benzene rings is 1. The summed E-state index contributed by atoms with van der Waals surface area (Å²) >= 11 is 1.82. The highest BCUT2D eigenvalue weighted by Crippen LogP contribution is 2.21. The molecule has 0 radical (unpaired) electrons. The van der Waals surface area contributed by atoms with Gasteiger partial charge in [0.2, 0.25) is 0 Å². The molecule has 0 fully saturated rings. The molecule has 1 aromatic heterocycles. The Bertz CT molecular complexity index is 453. The van der Waals surface area contributed by atoms with E-state index < -0.39 is 0 Å². The minimum atomic E-state index is 0.685. The number of aromatic nitrogens is 1. The Balaban J connectivity index is 1.84. The quantitative estimate of drug-likeness (QED) is 0.773. The van der Waals surface area contributed by atoms with Crippen molar-refractivity contribution in [1.82, 2.24) is 10.3 Å². The summed E-state index contributed by atoms with van der Waals surface area (Å²) in [5, 5.41) is 4.93. The van der Waals surface area contributed by atoms with E-state index >= 15 is 0 Å². The van der Waals surface area contributed by atoms with Gasteiger partial charge in [0.15, 0.2) is 0 Å². The number of hydrogen-bond acceptors (Lipinski definition) is 3. The van der Waals surface area contributed by atoms with Gasteiger partial charge < -0.3 is 5.32 Å². The first-order chi connectivity index (χ1) is 9.33. The van der Waals surface area contributed by atoms with Gasteiger partial charge in [0.05, 0.1) is 15.2 Å². The number of nitrogens with one attached hydrogen (secondary N) is 1. The molecule has 2 rings (SSSR count). The van der Waals surface area contributed by atoms with Crippen LogP contribution in [0.3, 0.4) is 0 Å². The Labute approximate surface area is 120 Å². The molecule has 1 aromatic carbocycles. The summed E-state index contributed by atoms with van der Waals surface area (Å²) in [6.45, 7) is 5.57. The van der Waals surface area contributed by atoms with E-state index in [2.05, 4.69) is 48.4 Å². The van der Waals surface area contributed by atoms with E-state index in [4.69, 9.17) is 0 Å². The lowest BCUT2D eigenvalue weighted by Crippen LogP contribution is -2.30. The Morgan fingerprint density at radius 1 is 1.16 bits per heavy atom. The van der Waals surface area contributed by atoms with E-state index in [9.17, 15) is 0 Å². The van der Waals surface area contributed by atoms with E-state index in [1.165, 1.54) is 35.4 Å². The fourth-order valence-corrected chi connectivity index (χ4v) is 3.42. The predicted molar refractivity (Wildman–Crippen MR) is 84.9 cm³/mol. The fraction of sp³-hybridized carbons (Fsp3) is 0.562. The largest absolute Gasteiger partial charge is 0.314 e. The molecule has 0 amide bonds. The lowest BCUT2D eigenvalue weighted by atomic mass is 10.1. The molecule has 0 saturated carbocycles. The molecule has 0 aliphatic carbocycles. The van der Waals surface area contributed by atoms with Crippen LogP contribution in [0.25, 0.3) is 10.2 Å². The summed E-state index contributed by atoms with van der Waals surface area (Å²) < 4.78 is 1.30. The summed E-state index contributed by atoms with van der Waals surface area (Å²) in [5.74, 6) is 0. The van der Waals surface area contributed by atoms with Crippen LogP contribution in [0.1, 0.15) is 44.5 Å². The molecule has 1 heterocycles. The molecular weight excluding hydrogens is 252 g/mol. The van der Waals surface area contributed by atoms with Gasteiger partial charge in [-0.3, -0.25) is 0 Å². The second-order valence-corrected chi connectivity index (χ2v) is 6.17. The number of rotatable bonds is 8. The molecule has 0 bridgehead atoms. The van der Waals surface area contributed by atoms with Gasteiger partial charge in [-0.1, -0.05) is 38.8 Å². The summed E-state index contributed by atoms with van der Waals surface area (Å²) in [6.07, 6.45) is 6.14. The molecule has 0 aliphatic rings. The summed E-state index contributed by atoms with van der Waals surface area (Å²) in [6, 6.07) is 9.08. The number of fused-ring (bicyclic) bond motifs is 1. The smallest absolute Gasteiger partial charge is 0.0951 e. The summed E-state index contributed by atoms with van der Waals surface area (Å²) in [5.41, 5.74) is 1.14. The van der Waals surface area contributed by atoms with Crippen molar-refractivity contribution in [3.63, 3.8) is 0 Å². The van der Waals surface area contributed by atoms with Crippen molar-refractivity contribution in [3.8, 4) is 0 Å². The van der Waals surface area contributed by atoms with E-state index in [0.29, 0.717) is 6.04 Å². The second-order valence-electron chi connectivity index (χ2n) is 5.05. The highest BCUT2D eigenvalue weighted by molar-refractivity contribution is 7.18. The van der Waals surface area contributed by atoms with Crippen molar-refractivity contribution in [2.75, 3.05) is 6.54 Å². The third-order valence-corrected chi connectivity index (χ3v) is 4.48. The monoisotopic (exact) mass is 276 g/mol. The van der Waals surface area contributed by atoms with Crippen LogP contribution in [0, 0.1) is 0 Å². The average molecular weight is 276 g/mol. The third-order valence-electron chi connectivity index (χ3n) is 3.38. The van der Waals surface area contributed by atoms with E-state index in [1.807, 2.05) is 11.3 Å². The van der Waals surface area contributed by atoms with Crippen molar-refractivity contribution < 1.29 is 0 Å². The molecule has 0 spiro atoms. The van der Waals surface area contributed by atoms with Crippen LogP contribution < -0.4 is 5.32 Å².